The number of nitrogens with one attached hydrogen (secondary N) is 2. The first kappa shape index (κ1) is 14.2. The van der Waals surface area contributed by atoms with Crippen LogP contribution in [0.4, 0.5) is 0 Å². The fourth-order valence-electron chi connectivity index (χ4n) is 2.88. The molecule has 0 saturated carbocycles. The van der Waals surface area contributed by atoms with Crippen LogP contribution in [0.5, 0.6) is 11.5 Å². The van der Waals surface area contributed by atoms with E-state index < -0.39 is 0 Å². The van der Waals surface area contributed by atoms with E-state index in [0.717, 1.165) is 6.54 Å². The zero-order valence-electron chi connectivity index (χ0n) is 12.4. The van der Waals surface area contributed by atoms with Gasteiger partial charge in [0.25, 0.3) is 5.91 Å². The predicted molar refractivity (Wildman–Crippen MR) is 80.0 cm³/mol. The number of benzene rings is 1. The van der Waals surface area contributed by atoms with Crippen LogP contribution in [0.25, 0.3) is 0 Å². The highest BCUT2D eigenvalue weighted by molar-refractivity contribution is 5.94. The summed E-state index contributed by atoms with van der Waals surface area (Å²) in [5.41, 5.74) is 0.614. The second-order valence-corrected chi connectivity index (χ2v) is 5.75. The molecule has 1 fully saturated rings. The number of fused-ring (bicyclic) bond motifs is 1. The molecule has 1 aromatic rings. The number of amides is 1. The third kappa shape index (κ3) is 3.29. The average molecular weight is 290 g/mol. The van der Waals surface area contributed by atoms with Crippen LogP contribution in [0, 0.1) is 5.92 Å². The lowest BCUT2D eigenvalue weighted by Crippen LogP contribution is -2.47. The molecule has 2 heterocycles. The predicted octanol–water partition coefficient (Wildman–Crippen LogP) is 1.58. The SMILES string of the molecule is CC1CCCNC1CNC(=O)c1ccc2c(c1)OCCO2. The molecule has 1 amide bonds. The van der Waals surface area contributed by atoms with Crippen molar-refractivity contribution >= 4 is 5.91 Å². The van der Waals surface area contributed by atoms with E-state index in [2.05, 4.69) is 17.6 Å². The van der Waals surface area contributed by atoms with E-state index in [1.54, 1.807) is 18.2 Å². The van der Waals surface area contributed by atoms with E-state index >= 15 is 0 Å². The maximum Gasteiger partial charge on any atom is 0.251 e. The highest BCUT2D eigenvalue weighted by Crippen LogP contribution is 2.30. The molecule has 0 aromatic heterocycles. The summed E-state index contributed by atoms with van der Waals surface area (Å²) in [6.07, 6.45) is 2.44. The Kier molecular flexibility index (Phi) is 4.29. The second-order valence-electron chi connectivity index (χ2n) is 5.75. The summed E-state index contributed by atoms with van der Waals surface area (Å²) < 4.78 is 11.0. The number of piperidine rings is 1. The van der Waals surface area contributed by atoms with Crippen molar-refractivity contribution < 1.29 is 14.3 Å². The molecule has 3 rings (SSSR count). The van der Waals surface area contributed by atoms with Gasteiger partial charge in [-0.05, 0) is 43.5 Å². The molecule has 2 unspecified atom stereocenters. The smallest absolute Gasteiger partial charge is 0.251 e. The Morgan fingerprint density at radius 3 is 2.95 bits per heavy atom. The molecule has 2 atom stereocenters. The number of ether oxygens (including phenoxy) is 2. The lowest BCUT2D eigenvalue weighted by Gasteiger charge is -2.30. The van der Waals surface area contributed by atoms with Crippen LogP contribution in [0.1, 0.15) is 30.1 Å². The van der Waals surface area contributed by atoms with Gasteiger partial charge in [-0.1, -0.05) is 6.92 Å². The Morgan fingerprint density at radius 2 is 2.14 bits per heavy atom. The van der Waals surface area contributed by atoms with Crippen LogP contribution in [-0.4, -0.2) is 38.3 Å². The molecule has 0 spiro atoms. The largest absolute Gasteiger partial charge is 0.486 e. The van der Waals surface area contributed by atoms with Gasteiger partial charge in [0.05, 0.1) is 0 Å². The normalized spacial score (nSPS) is 24.4. The van der Waals surface area contributed by atoms with Crippen molar-refractivity contribution in [1.82, 2.24) is 10.6 Å². The minimum absolute atomic E-state index is 0.0634. The third-order valence-electron chi connectivity index (χ3n) is 4.22. The van der Waals surface area contributed by atoms with Gasteiger partial charge < -0.3 is 20.1 Å². The first-order chi connectivity index (χ1) is 10.2. The summed E-state index contributed by atoms with van der Waals surface area (Å²) >= 11 is 0. The van der Waals surface area contributed by atoms with E-state index in [0.29, 0.717) is 48.8 Å². The van der Waals surface area contributed by atoms with Crippen molar-refractivity contribution in [1.29, 1.82) is 0 Å². The van der Waals surface area contributed by atoms with Crippen molar-refractivity contribution in [2.45, 2.75) is 25.8 Å². The number of carbonyl (C=O) groups is 1. The molecule has 2 aliphatic heterocycles. The summed E-state index contributed by atoms with van der Waals surface area (Å²) in [5.74, 6) is 1.89. The fourth-order valence-corrected chi connectivity index (χ4v) is 2.88. The van der Waals surface area contributed by atoms with Gasteiger partial charge in [0.15, 0.2) is 11.5 Å². The van der Waals surface area contributed by atoms with Gasteiger partial charge in [0.2, 0.25) is 0 Å². The van der Waals surface area contributed by atoms with E-state index in [-0.39, 0.29) is 5.91 Å². The van der Waals surface area contributed by atoms with Crippen molar-refractivity contribution in [2.24, 2.45) is 5.92 Å². The van der Waals surface area contributed by atoms with Gasteiger partial charge in [-0.15, -0.1) is 0 Å². The Balaban J connectivity index is 1.60. The van der Waals surface area contributed by atoms with Gasteiger partial charge in [-0.2, -0.15) is 0 Å². The second kappa shape index (κ2) is 6.35. The van der Waals surface area contributed by atoms with Crippen LogP contribution < -0.4 is 20.1 Å². The maximum atomic E-state index is 12.2. The highest BCUT2D eigenvalue weighted by Gasteiger charge is 2.21. The topological polar surface area (TPSA) is 59.6 Å². The quantitative estimate of drug-likeness (QED) is 0.887. The summed E-state index contributed by atoms with van der Waals surface area (Å²) in [4.78, 5) is 12.2. The Morgan fingerprint density at radius 1 is 1.33 bits per heavy atom. The minimum atomic E-state index is -0.0634. The Hall–Kier alpha value is -1.75. The van der Waals surface area contributed by atoms with Crippen LogP contribution in [0.15, 0.2) is 18.2 Å². The molecule has 1 saturated heterocycles. The zero-order valence-corrected chi connectivity index (χ0v) is 12.4. The van der Waals surface area contributed by atoms with Crippen molar-refractivity contribution in [3.8, 4) is 11.5 Å². The summed E-state index contributed by atoms with van der Waals surface area (Å²) in [7, 11) is 0. The lowest BCUT2D eigenvalue weighted by atomic mass is 9.93. The molecule has 0 radical (unpaired) electrons. The Bertz CT molecular complexity index is 518. The number of carbonyl (C=O) groups excluding carboxylic acids is 1. The molecule has 0 aliphatic carbocycles. The number of hydrogen-bond donors (Lipinski definition) is 2. The molecule has 114 valence electrons. The van der Waals surface area contributed by atoms with Crippen LogP contribution in [0.2, 0.25) is 0 Å². The molecular formula is C16H22N2O3. The van der Waals surface area contributed by atoms with E-state index in [9.17, 15) is 4.79 Å². The third-order valence-corrected chi connectivity index (χ3v) is 4.22. The molecule has 1 aromatic carbocycles. The standard InChI is InChI=1S/C16H22N2O3/c1-11-3-2-6-17-13(11)10-18-16(19)12-4-5-14-15(9-12)21-8-7-20-14/h4-5,9,11,13,17H,2-3,6-8,10H2,1H3,(H,18,19). The molecule has 21 heavy (non-hydrogen) atoms. The van der Waals surface area contributed by atoms with Crippen molar-refractivity contribution in [3.63, 3.8) is 0 Å². The zero-order chi connectivity index (χ0) is 14.7. The van der Waals surface area contributed by atoms with Gasteiger partial charge >= 0.3 is 0 Å². The molecule has 5 heteroatoms. The van der Waals surface area contributed by atoms with E-state index in [1.807, 2.05) is 0 Å². The maximum absolute atomic E-state index is 12.2. The highest BCUT2D eigenvalue weighted by atomic mass is 16.6. The first-order valence-electron chi connectivity index (χ1n) is 7.65. The molecule has 5 nitrogen and oxygen atoms in total. The molecule has 0 bridgehead atoms. The lowest BCUT2D eigenvalue weighted by molar-refractivity contribution is 0.0942. The summed E-state index contributed by atoms with van der Waals surface area (Å²) in [6, 6.07) is 5.69. The van der Waals surface area contributed by atoms with Crippen LogP contribution in [0.3, 0.4) is 0 Å². The summed E-state index contributed by atoms with van der Waals surface area (Å²) in [6.45, 7) is 5.02. The van der Waals surface area contributed by atoms with Gasteiger partial charge in [0, 0.05) is 18.2 Å². The van der Waals surface area contributed by atoms with Gasteiger partial charge in [-0.25, -0.2) is 0 Å². The fraction of sp³-hybridized carbons (Fsp3) is 0.562. The average Bonchev–Trinajstić information content (AvgIpc) is 2.53. The molecule has 2 aliphatic rings. The monoisotopic (exact) mass is 290 g/mol. The first-order valence-corrected chi connectivity index (χ1v) is 7.65. The van der Waals surface area contributed by atoms with Gasteiger partial charge in [-0.3, -0.25) is 4.79 Å². The van der Waals surface area contributed by atoms with Gasteiger partial charge in [0.1, 0.15) is 13.2 Å². The number of rotatable bonds is 3. The minimum Gasteiger partial charge on any atom is -0.486 e. The van der Waals surface area contributed by atoms with Crippen molar-refractivity contribution in [3.05, 3.63) is 23.8 Å². The van der Waals surface area contributed by atoms with E-state index in [1.165, 1.54) is 12.8 Å². The number of hydrogen-bond acceptors (Lipinski definition) is 4. The molecule has 2 N–H and O–H groups in total. The van der Waals surface area contributed by atoms with E-state index in [4.69, 9.17) is 9.47 Å². The van der Waals surface area contributed by atoms with Crippen molar-refractivity contribution in [2.75, 3.05) is 26.3 Å². The summed E-state index contributed by atoms with van der Waals surface area (Å²) in [5, 5.41) is 6.47. The van der Waals surface area contributed by atoms with Crippen LogP contribution in [-0.2, 0) is 0 Å². The Labute approximate surface area is 125 Å². The molecular weight excluding hydrogens is 268 g/mol. The van der Waals surface area contributed by atoms with Crippen LogP contribution >= 0.6 is 0 Å².